The van der Waals surface area contributed by atoms with E-state index in [2.05, 4.69) is 5.32 Å². The highest BCUT2D eigenvalue weighted by Crippen LogP contribution is 2.18. The molecule has 1 aromatic rings. The van der Waals surface area contributed by atoms with Gasteiger partial charge in [0.1, 0.15) is 0 Å². The molecular formula is C14H18ClNO3S. The van der Waals surface area contributed by atoms with Crippen molar-refractivity contribution in [2.45, 2.75) is 31.2 Å². The van der Waals surface area contributed by atoms with Crippen molar-refractivity contribution in [3.63, 3.8) is 0 Å². The number of hydrogen-bond acceptors (Lipinski definition) is 3. The predicted octanol–water partition coefficient (Wildman–Crippen LogP) is 1.45. The fourth-order valence-corrected chi connectivity index (χ4v) is 4.90. The van der Waals surface area contributed by atoms with Crippen molar-refractivity contribution >= 4 is 27.3 Å². The van der Waals surface area contributed by atoms with Gasteiger partial charge < -0.3 is 5.32 Å². The Morgan fingerprint density at radius 2 is 2.05 bits per heavy atom. The number of aryl methyl sites for hydroxylation is 2. The summed E-state index contributed by atoms with van der Waals surface area (Å²) in [4.78, 5) is 11.9. The van der Waals surface area contributed by atoms with Crippen LogP contribution in [0.4, 0.5) is 0 Å². The highest BCUT2D eigenvalue weighted by molar-refractivity contribution is 7.91. The number of carbonyl (C=O) groups excluding carboxylic acids is 1. The number of hydrogen-bond donors (Lipinski definition) is 1. The molecule has 0 aliphatic carbocycles. The molecule has 1 heterocycles. The second-order valence-electron chi connectivity index (χ2n) is 5.19. The standard InChI is InChI=1S/C14H18ClNO3S/c1-10-4-2-3-5-11(10)6-7-14(17)16-13-9-20(18,19)8-12(13)15/h2-5,12-13H,6-9H2,1H3,(H,16,17). The van der Waals surface area contributed by atoms with E-state index in [0.29, 0.717) is 12.8 Å². The third-order valence-electron chi connectivity index (χ3n) is 3.51. The first-order valence-electron chi connectivity index (χ1n) is 6.56. The molecule has 1 saturated heterocycles. The van der Waals surface area contributed by atoms with Crippen molar-refractivity contribution in [3.8, 4) is 0 Å². The zero-order chi connectivity index (χ0) is 14.8. The number of benzene rings is 1. The van der Waals surface area contributed by atoms with Gasteiger partial charge in [-0.25, -0.2) is 8.42 Å². The van der Waals surface area contributed by atoms with E-state index in [1.165, 1.54) is 0 Å². The number of alkyl halides is 1. The number of rotatable bonds is 4. The predicted molar refractivity (Wildman–Crippen MR) is 79.7 cm³/mol. The summed E-state index contributed by atoms with van der Waals surface area (Å²) >= 11 is 5.96. The summed E-state index contributed by atoms with van der Waals surface area (Å²) in [7, 11) is -3.11. The fourth-order valence-electron chi connectivity index (χ4n) is 2.35. The molecule has 1 fully saturated rings. The van der Waals surface area contributed by atoms with Gasteiger partial charge >= 0.3 is 0 Å². The zero-order valence-electron chi connectivity index (χ0n) is 11.3. The van der Waals surface area contributed by atoms with Crippen LogP contribution in [0.25, 0.3) is 0 Å². The summed E-state index contributed by atoms with van der Waals surface area (Å²) in [5.41, 5.74) is 2.28. The number of carbonyl (C=O) groups is 1. The SMILES string of the molecule is Cc1ccccc1CCC(=O)NC1CS(=O)(=O)CC1Cl. The Bertz CT molecular complexity index is 600. The number of sulfone groups is 1. The third kappa shape index (κ3) is 3.96. The lowest BCUT2D eigenvalue weighted by molar-refractivity contribution is -0.121. The lowest BCUT2D eigenvalue weighted by Crippen LogP contribution is -2.40. The summed E-state index contributed by atoms with van der Waals surface area (Å²) in [6.07, 6.45) is 0.982. The van der Waals surface area contributed by atoms with E-state index in [9.17, 15) is 13.2 Å². The first-order chi connectivity index (χ1) is 9.37. The number of amides is 1. The number of halogens is 1. The maximum absolute atomic E-state index is 11.9. The quantitative estimate of drug-likeness (QED) is 0.855. The van der Waals surface area contributed by atoms with E-state index < -0.39 is 21.3 Å². The van der Waals surface area contributed by atoms with E-state index in [1.54, 1.807) is 0 Å². The van der Waals surface area contributed by atoms with Gasteiger partial charge in [-0.3, -0.25) is 4.79 Å². The average Bonchev–Trinajstić information content (AvgIpc) is 2.61. The van der Waals surface area contributed by atoms with Gasteiger partial charge in [0.05, 0.1) is 22.9 Å². The molecule has 0 spiro atoms. The van der Waals surface area contributed by atoms with Crippen LogP contribution in [-0.4, -0.2) is 37.2 Å². The van der Waals surface area contributed by atoms with Crippen LogP contribution in [0, 0.1) is 6.92 Å². The van der Waals surface area contributed by atoms with E-state index >= 15 is 0 Å². The Hall–Kier alpha value is -1.07. The maximum atomic E-state index is 11.9. The van der Waals surface area contributed by atoms with Crippen molar-refractivity contribution in [3.05, 3.63) is 35.4 Å². The summed E-state index contributed by atoms with van der Waals surface area (Å²) in [5, 5.41) is 2.20. The van der Waals surface area contributed by atoms with Gasteiger partial charge in [0.15, 0.2) is 9.84 Å². The van der Waals surface area contributed by atoms with Crippen LogP contribution in [-0.2, 0) is 21.1 Å². The largest absolute Gasteiger partial charge is 0.351 e. The van der Waals surface area contributed by atoms with Gasteiger partial charge in [0.25, 0.3) is 0 Å². The number of nitrogens with one attached hydrogen (secondary N) is 1. The summed E-state index contributed by atoms with van der Waals surface area (Å²) < 4.78 is 22.8. The monoisotopic (exact) mass is 315 g/mol. The Balaban J connectivity index is 1.86. The normalized spacial score (nSPS) is 24.5. The van der Waals surface area contributed by atoms with Gasteiger partial charge in [-0.1, -0.05) is 24.3 Å². The van der Waals surface area contributed by atoms with Crippen molar-refractivity contribution < 1.29 is 13.2 Å². The highest BCUT2D eigenvalue weighted by atomic mass is 35.5. The molecule has 1 aliphatic rings. The molecule has 1 aliphatic heterocycles. The van der Waals surface area contributed by atoms with Crippen LogP contribution in [0.3, 0.4) is 0 Å². The van der Waals surface area contributed by atoms with Gasteiger partial charge in [0, 0.05) is 6.42 Å². The molecule has 4 nitrogen and oxygen atoms in total. The van der Waals surface area contributed by atoms with Crippen LogP contribution in [0.1, 0.15) is 17.5 Å². The molecule has 1 amide bonds. The highest BCUT2D eigenvalue weighted by Gasteiger charge is 2.37. The summed E-state index contributed by atoms with van der Waals surface area (Å²) in [6.45, 7) is 2.01. The van der Waals surface area contributed by atoms with Crippen LogP contribution < -0.4 is 5.32 Å². The molecule has 0 bridgehead atoms. The topological polar surface area (TPSA) is 63.2 Å². The van der Waals surface area contributed by atoms with Crippen LogP contribution in [0.5, 0.6) is 0 Å². The minimum atomic E-state index is -3.11. The van der Waals surface area contributed by atoms with Crippen molar-refractivity contribution in [1.29, 1.82) is 0 Å². The molecule has 0 saturated carbocycles. The molecule has 1 N–H and O–H groups in total. The molecule has 2 rings (SSSR count). The average molecular weight is 316 g/mol. The molecule has 20 heavy (non-hydrogen) atoms. The van der Waals surface area contributed by atoms with Gasteiger partial charge in [-0.15, -0.1) is 11.6 Å². The van der Waals surface area contributed by atoms with Gasteiger partial charge in [-0.05, 0) is 24.5 Å². The molecular weight excluding hydrogens is 298 g/mol. The second kappa shape index (κ2) is 6.14. The Labute approximate surface area is 124 Å². The van der Waals surface area contributed by atoms with Crippen molar-refractivity contribution in [2.75, 3.05) is 11.5 Å². The smallest absolute Gasteiger partial charge is 0.220 e. The van der Waals surface area contributed by atoms with Crippen molar-refractivity contribution in [1.82, 2.24) is 5.32 Å². The second-order valence-corrected chi connectivity index (χ2v) is 7.91. The first-order valence-corrected chi connectivity index (χ1v) is 8.81. The third-order valence-corrected chi connectivity index (χ3v) is 5.89. The lowest BCUT2D eigenvalue weighted by atomic mass is 10.0. The van der Waals surface area contributed by atoms with Crippen LogP contribution in [0.2, 0.25) is 0 Å². The van der Waals surface area contributed by atoms with Gasteiger partial charge in [-0.2, -0.15) is 0 Å². The molecule has 2 atom stereocenters. The fraction of sp³-hybridized carbons (Fsp3) is 0.500. The molecule has 0 radical (unpaired) electrons. The maximum Gasteiger partial charge on any atom is 0.220 e. The minimum absolute atomic E-state index is 0.0582. The Kier molecular flexibility index (Phi) is 4.70. The Morgan fingerprint density at radius 1 is 1.35 bits per heavy atom. The summed E-state index contributed by atoms with van der Waals surface area (Å²) in [5.74, 6) is -0.268. The Morgan fingerprint density at radius 3 is 2.65 bits per heavy atom. The van der Waals surface area contributed by atoms with E-state index in [1.807, 2.05) is 31.2 Å². The first kappa shape index (κ1) is 15.3. The van der Waals surface area contributed by atoms with E-state index in [4.69, 9.17) is 11.6 Å². The van der Waals surface area contributed by atoms with Crippen LogP contribution >= 0.6 is 11.6 Å². The minimum Gasteiger partial charge on any atom is -0.351 e. The molecule has 1 aromatic carbocycles. The summed E-state index contributed by atoms with van der Waals surface area (Å²) in [6, 6.07) is 7.43. The molecule has 2 unspecified atom stereocenters. The zero-order valence-corrected chi connectivity index (χ0v) is 12.9. The van der Waals surface area contributed by atoms with Crippen LogP contribution in [0.15, 0.2) is 24.3 Å². The molecule has 6 heteroatoms. The molecule has 110 valence electrons. The molecule has 0 aromatic heterocycles. The van der Waals surface area contributed by atoms with Crippen molar-refractivity contribution in [2.24, 2.45) is 0 Å². The van der Waals surface area contributed by atoms with Gasteiger partial charge in [0.2, 0.25) is 5.91 Å². The van der Waals surface area contributed by atoms with E-state index in [-0.39, 0.29) is 17.4 Å². The lowest BCUT2D eigenvalue weighted by Gasteiger charge is -2.14. The van der Waals surface area contributed by atoms with E-state index in [0.717, 1.165) is 11.1 Å².